The van der Waals surface area contributed by atoms with Crippen molar-refractivity contribution in [1.29, 1.82) is 0 Å². The molecule has 2 rings (SSSR count). The summed E-state index contributed by atoms with van der Waals surface area (Å²) < 4.78 is 0. The third kappa shape index (κ3) is 4.13. The van der Waals surface area contributed by atoms with Crippen LogP contribution in [0.3, 0.4) is 0 Å². The highest BCUT2D eigenvalue weighted by atomic mass is 32.1. The molecular weight excluding hydrogens is 272 g/mol. The van der Waals surface area contributed by atoms with E-state index < -0.39 is 0 Å². The molecule has 19 heavy (non-hydrogen) atoms. The topological polar surface area (TPSA) is 24.9 Å². The average molecular weight is 294 g/mol. The van der Waals surface area contributed by atoms with Crippen molar-refractivity contribution in [2.75, 3.05) is 0 Å². The fraction of sp³-hybridized carbons (Fsp3) is 0.533. The number of thiazole rings is 1. The van der Waals surface area contributed by atoms with E-state index in [1.807, 2.05) is 11.3 Å². The van der Waals surface area contributed by atoms with E-state index in [1.54, 1.807) is 11.3 Å². The normalized spacial score (nSPS) is 12.0. The quantitative estimate of drug-likeness (QED) is 0.863. The van der Waals surface area contributed by atoms with Crippen LogP contribution in [0.4, 0.5) is 0 Å². The number of aryl methyl sites for hydroxylation is 1. The number of nitrogens with one attached hydrogen (secondary N) is 1. The van der Waals surface area contributed by atoms with Crippen molar-refractivity contribution in [3.05, 3.63) is 27.4 Å². The van der Waals surface area contributed by atoms with E-state index in [9.17, 15) is 0 Å². The van der Waals surface area contributed by atoms with Crippen LogP contribution in [-0.2, 0) is 13.0 Å². The van der Waals surface area contributed by atoms with Crippen LogP contribution in [0.2, 0.25) is 0 Å². The molecule has 0 saturated heterocycles. The molecular formula is C15H22N2S2. The fourth-order valence-electron chi connectivity index (χ4n) is 1.81. The standard InChI is InChI=1S/C15H22N2S2/c1-5-6-12-13(9-16-15(2,3)4)19-14(17-12)11-7-8-18-10-11/h7-8,10,16H,5-6,9H2,1-4H3. The third-order valence-corrected chi connectivity index (χ3v) is 4.64. The lowest BCUT2D eigenvalue weighted by Crippen LogP contribution is -2.35. The zero-order chi connectivity index (χ0) is 13.9. The molecule has 0 aliphatic rings. The van der Waals surface area contributed by atoms with Gasteiger partial charge in [-0.1, -0.05) is 13.3 Å². The SMILES string of the molecule is CCCc1nc(-c2ccsc2)sc1CNC(C)(C)C. The Kier molecular flexibility index (Phi) is 4.76. The molecule has 2 heterocycles. The zero-order valence-electron chi connectivity index (χ0n) is 12.1. The van der Waals surface area contributed by atoms with Crippen LogP contribution in [0, 0.1) is 0 Å². The van der Waals surface area contributed by atoms with Gasteiger partial charge >= 0.3 is 0 Å². The zero-order valence-corrected chi connectivity index (χ0v) is 13.8. The van der Waals surface area contributed by atoms with E-state index in [4.69, 9.17) is 4.98 Å². The predicted octanol–water partition coefficient (Wildman–Crippen LogP) is 4.71. The molecule has 0 saturated carbocycles. The molecule has 0 aliphatic carbocycles. The third-order valence-electron chi connectivity index (χ3n) is 2.81. The first-order valence-corrected chi connectivity index (χ1v) is 8.51. The molecule has 1 N–H and O–H groups in total. The molecule has 0 atom stereocenters. The first-order chi connectivity index (χ1) is 8.99. The Labute approximate surface area is 123 Å². The number of hydrogen-bond donors (Lipinski definition) is 1. The lowest BCUT2D eigenvalue weighted by Gasteiger charge is -2.20. The van der Waals surface area contributed by atoms with Crippen LogP contribution in [0.5, 0.6) is 0 Å². The molecule has 0 aromatic carbocycles. The largest absolute Gasteiger partial charge is 0.307 e. The van der Waals surface area contributed by atoms with Crippen LogP contribution < -0.4 is 5.32 Å². The van der Waals surface area contributed by atoms with E-state index in [0.717, 1.165) is 24.4 Å². The van der Waals surface area contributed by atoms with Gasteiger partial charge in [0.25, 0.3) is 0 Å². The molecule has 4 heteroatoms. The smallest absolute Gasteiger partial charge is 0.124 e. The van der Waals surface area contributed by atoms with Crippen LogP contribution in [0.1, 0.15) is 44.7 Å². The number of thiophene rings is 1. The predicted molar refractivity (Wildman–Crippen MR) is 86.0 cm³/mol. The monoisotopic (exact) mass is 294 g/mol. The maximum atomic E-state index is 4.83. The van der Waals surface area contributed by atoms with Gasteiger partial charge in [-0.15, -0.1) is 11.3 Å². The van der Waals surface area contributed by atoms with Crippen molar-refractivity contribution < 1.29 is 0 Å². The summed E-state index contributed by atoms with van der Waals surface area (Å²) in [5, 5.41) is 9.02. The van der Waals surface area contributed by atoms with Crippen LogP contribution >= 0.6 is 22.7 Å². The molecule has 0 spiro atoms. The van der Waals surface area contributed by atoms with Crippen molar-refractivity contribution in [1.82, 2.24) is 10.3 Å². The van der Waals surface area contributed by atoms with E-state index in [0.29, 0.717) is 0 Å². The maximum Gasteiger partial charge on any atom is 0.124 e. The Bertz CT molecular complexity index is 507. The second kappa shape index (κ2) is 6.16. The van der Waals surface area contributed by atoms with Gasteiger partial charge in [0.2, 0.25) is 0 Å². The molecule has 0 fully saturated rings. The first-order valence-electron chi connectivity index (χ1n) is 6.76. The van der Waals surface area contributed by atoms with Gasteiger partial charge < -0.3 is 5.32 Å². The number of nitrogens with zero attached hydrogens (tertiary/aromatic N) is 1. The van der Waals surface area contributed by atoms with Crippen molar-refractivity contribution in [3.63, 3.8) is 0 Å². The molecule has 2 nitrogen and oxygen atoms in total. The Morgan fingerprint density at radius 3 is 2.68 bits per heavy atom. The van der Waals surface area contributed by atoms with Crippen LogP contribution in [0.15, 0.2) is 16.8 Å². The van der Waals surface area contributed by atoms with Crippen molar-refractivity contribution in [3.8, 4) is 10.6 Å². The van der Waals surface area contributed by atoms with E-state index in [2.05, 4.69) is 49.8 Å². The summed E-state index contributed by atoms with van der Waals surface area (Å²) in [6, 6.07) is 2.15. The lowest BCUT2D eigenvalue weighted by atomic mass is 10.1. The van der Waals surface area contributed by atoms with Crippen LogP contribution in [-0.4, -0.2) is 10.5 Å². The van der Waals surface area contributed by atoms with Gasteiger partial charge in [0.1, 0.15) is 5.01 Å². The van der Waals surface area contributed by atoms with Crippen molar-refractivity contribution in [2.45, 2.75) is 52.6 Å². The van der Waals surface area contributed by atoms with Gasteiger partial charge in [-0.05, 0) is 38.6 Å². The summed E-state index contributed by atoms with van der Waals surface area (Å²) >= 11 is 3.56. The fourth-order valence-corrected chi connectivity index (χ4v) is 3.57. The second-order valence-corrected chi connectivity index (χ2v) is 7.62. The summed E-state index contributed by atoms with van der Waals surface area (Å²) in [6.07, 6.45) is 2.22. The highest BCUT2D eigenvalue weighted by Gasteiger charge is 2.15. The Morgan fingerprint density at radius 2 is 2.11 bits per heavy atom. The van der Waals surface area contributed by atoms with E-state index in [1.165, 1.54) is 16.1 Å². The van der Waals surface area contributed by atoms with Crippen LogP contribution in [0.25, 0.3) is 10.6 Å². The Balaban J connectivity index is 2.21. The van der Waals surface area contributed by atoms with Gasteiger partial charge in [-0.25, -0.2) is 4.98 Å². The summed E-state index contributed by atoms with van der Waals surface area (Å²) in [7, 11) is 0. The minimum atomic E-state index is 0.149. The van der Waals surface area contributed by atoms with Gasteiger partial charge in [-0.2, -0.15) is 11.3 Å². The van der Waals surface area contributed by atoms with Gasteiger partial charge in [0, 0.05) is 27.9 Å². The summed E-state index contributed by atoms with van der Waals surface area (Å²) in [4.78, 5) is 6.22. The minimum absolute atomic E-state index is 0.149. The summed E-state index contributed by atoms with van der Waals surface area (Å²) in [6.45, 7) is 9.74. The van der Waals surface area contributed by atoms with Gasteiger partial charge in [0.05, 0.1) is 5.69 Å². The Hall–Kier alpha value is -0.710. The minimum Gasteiger partial charge on any atom is -0.307 e. The van der Waals surface area contributed by atoms with E-state index in [-0.39, 0.29) is 5.54 Å². The number of hydrogen-bond acceptors (Lipinski definition) is 4. The Morgan fingerprint density at radius 1 is 1.32 bits per heavy atom. The van der Waals surface area contributed by atoms with E-state index >= 15 is 0 Å². The summed E-state index contributed by atoms with van der Waals surface area (Å²) in [5.74, 6) is 0. The van der Waals surface area contributed by atoms with Gasteiger partial charge in [-0.3, -0.25) is 0 Å². The van der Waals surface area contributed by atoms with Crippen molar-refractivity contribution in [2.24, 2.45) is 0 Å². The maximum absolute atomic E-state index is 4.83. The number of rotatable bonds is 5. The highest BCUT2D eigenvalue weighted by Crippen LogP contribution is 2.30. The van der Waals surface area contributed by atoms with Crippen molar-refractivity contribution >= 4 is 22.7 Å². The molecule has 2 aromatic heterocycles. The average Bonchev–Trinajstić information content (AvgIpc) is 2.94. The molecule has 0 aliphatic heterocycles. The lowest BCUT2D eigenvalue weighted by molar-refractivity contribution is 0.425. The first kappa shape index (κ1) is 14.7. The summed E-state index contributed by atoms with van der Waals surface area (Å²) in [5.41, 5.74) is 2.68. The van der Waals surface area contributed by atoms with Gasteiger partial charge in [0.15, 0.2) is 0 Å². The highest BCUT2D eigenvalue weighted by molar-refractivity contribution is 7.15. The molecule has 0 amide bonds. The molecule has 0 bridgehead atoms. The molecule has 0 radical (unpaired) electrons. The molecule has 0 unspecified atom stereocenters. The molecule has 104 valence electrons. The molecule has 2 aromatic rings. The number of aromatic nitrogens is 1. The second-order valence-electron chi connectivity index (χ2n) is 5.75.